The number of hydrogen-bond donors (Lipinski definition) is 0. The van der Waals surface area contributed by atoms with E-state index < -0.39 is 22.6 Å². The summed E-state index contributed by atoms with van der Waals surface area (Å²) in [5, 5.41) is 7.86. The first kappa shape index (κ1) is 14.2. The van der Waals surface area contributed by atoms with Gasteiger partial charge in [-0.25, -0.2) is 4.39 Å². The van der Waals surface area contributed by atoms with Crippen molar-refractivity contribution < 1.29 is 17.6 Å². The smallest absolute Gasteiger partial charge is 0.205 e. The van der Waals surface area contributed by atoms with E-state index in [0.717, 1.165) is 12.1 Å². The molecule has 0 saturated heterocycles. The van der Waals surface area contributed by atoms with Crippen molar-refractivity contribution in [1.82, 2.24) is 10.2 Å². The minimum Gasteiger partial charge on any atom is -0.205 e. The number of alkyl halides is 3. The zero-order valence-corrected chi connectivity index (χ0v) is 11.1. The number of aryl methyl sites for hydroxylation is 1. The number of nitrogens with zero attached hydrogens (tertiary/aromatic N) is 2. The van der Waals surface area contributed by atoms with Crippen LogP contribution in [0.4, 0.5) is 17.6 Å². The number of benzene rings is 1. The number of rotatable bonds is 2. The number of halogens is 5. The molecule has 0 saturated carbocycles. The quantitative estimate of drug-likeness (QED) is 0.775. The van der Waals surface area contributed by atoms with Crippen LogP contribution in [0.3, 0.4) is 0 Å². The van der Waals surface area contributed by atoms with Crippen LogP contribution in [-0.2, 0) is 12.6 Å². The molecule has 0 atom stereocenters. The predicted octanol–water partition coefficient (Wildman–Crippen LogP) is 4.25. The summed E-state index contributed by atoms with van der Waals surface area (Å²) in [6, 6.07) is 1.84. The Balaban J connectivity index is 2.36. The van der Waals surface area contributed by atoms with Gasteiger partial charge in [-0.05, 0) is 18.6 Å². The van der Waals surface area contributed by atoms with Gasteiger partial charge in [-0.2, -0.15) is 13.2 Å². The summed E-state index contributed by atoms with van der Waals surface area (Å²) in [7, 11) is 0. The third-order valence-corrected chi connectivity index (χ3v) is 3.59. The van der Waals surface area contributed by atoms with Crippen LogP contribution in [0, 0.1) is 12.7 Å². The van der Waals surface area contributed by atoms with Gasteiger partial charge in [0.05, 0.1) is 10.6 Å². The number of aromatic nitrogens is 2. The molecule has 1 aromatic heterocycles. The molecule has 1 heterocycles. The van der Waals surface area contributed by atoms with Crippen LogP contribution in [0.1, 0.15) is 21.1 Å². The highest BCUT2D eigenvalue weighted by Gasteiger charge is 2.34. The molecular formula is C11H7ClF4N2S. The lowest BCUT2D eigenvalue weighted by molar-refractivity contribution is -0.137. The van der Waals surface area contributed by atoms with Crippen molar-refractivity contribution >= 4 is 22.9 Å². The fourth-order valence-corrected chi connectivity index (χ4v) is 2.54. The van der Waals surface area contributed by atoms with E-state index >= 15 is 0 Å². The van der Waals surface area contributed by atoms with Crippen molar-refractivity contribution in [2.75, 3.05) is 0 Å². The summed E-state index contributed by atoms with van der Waals surface area (Å²) in [6.45, 7) is 1.73. The summed E-state index contributed by atoms with van der Waals surface area (Å²) < 4.78 is 51.4. The maximum Gasteiger partial charge on any atom is 0.417 e. The Morgan fingerprint density at radius 2 is 1.95 bits per heavy atom. The molecule has 0 unspecified atom stereocenters. The fourth-order valence-electron chi connectivity index (χ4n) is 1.52. The van der Waals surface area contributed by atoms with Crippen LogP contribution < -0.4 is 0 Å². The second-order valence-electron chi connectivity index (χ2n) is 3.79. The van der Waals surface area contributed by atoms with Gasteiger partial charge in [0.2, 0.25) is 0 Å². The van der Waals surface area contributed by atoms with Crippen LogP contribution in [0.5, 0.6) is 0 Å². The van der Waals surface area contributed by atoms with Gasteiger partial charge < -0.3 is 0 Å². The van der Waals surface area contributed by atoms with Gasteiger partial charge in [0.25, 0.3) is 0 Å². The summed E-state index contributed by atoms with van der Waals surface area (Å²) in [5.74, 6) is -1.07. The lowest BCUT2D eigenvalue weighted by Crippen LogP contribution is -2.08. The van der Waals surface area contributed by atoms with Crippen LogP contribution >= 0.6 is 22.9 Å². The molecule has 0 radical (unpaired) electrons. The lowest BCUT2D eigenvalue weighted by Gasteiger charge is -2.11. The van der Waals surface area contributed by atoms with Gasteiger partial charge in [-0.3, -0.25) is 0 Å². The maximum atomic E-state index is 13.8. The minimum atomic E-state index is -4.67. The van der Waals surface area contributed by atoms with E-state index in [2.05, 4.69) is 10.2 Å². The molecule has 102 valence electrons. The molecule has 0 fully saturated rings. The molecule has 0 aliphatic carbocycles. The molecule has 0 aliphatic heterocycles. The first-order chi connectivity index (χ1) is 8.79. The van der Waals surface area contributed by atoms with E-state index in [-0.39, 0.29) is 12.0 Å². The van der Waals surface area contributed by atoms with Gasteiger partial charge in [-0.15, -0.1) is 21.5 Å². The zero-order valence-electron chi connectivity index (χ0n) is 9.55. The van der Waals surface area contributed by atoms with E-state index in [1.54, 1.807) is 6.92 Å². The van der Waals surface area contributed by atoms with E-state index in [4.69, 9.17) is 11.6 Å². The minimum absolute atomic E-state index is 0.0640. The molecule has 8 heteroatoms. The normalized spacial score (nSPS) is 11.9. The molecule has 0 N–H and O–H groups in total. The topological polar surface area (TPSA) is 25.8 Å². The first-order valence-electron chi connectivity index (χ1n) is 5.12. The summed E-state index contributed by atoms with van der Waals surface area (Å²) in [4.78, 5) is 0. The van der Waals surface area contributed by atoms with Gasteiger partial charge in [0.1, 0.15) is 15.8 Å². The van der Waals surface area contributed by atoms with Gasteiger partial charge in [0, 0.05) is 6.42 Å². The second kappa shape index (κ2) is 5.05. The Labute approximate surface area is 115 Å². The monoisotopic (exact) mass is 310 g/mol. The van der Waals surface area contributed by atoms with E-state index in [0.29, 0.717) is 10.0 Å². The Bertz CT molecular complexity index is 609. The molecular weight excluding hydrogens is 304 g/mol. The van der Waals surface area contributed by atoms with E-state index in [1.807, 2.05) is 0 Å². The van der Waals surface area contributed by atoms with Crippen molar-refractivity contribution in [2.24, 2.45) is 0 Å². The van der Waals surface area contributed by atoms with Crippen molar-refractivity contribution in [1.29, 1.82) is 0 Å². The molecule has 19 heavy (non-hydrogen) atoms. The third-order valence-electron chi connectivity index (χ3n) is 2.38. The molecule has 0 spiro atoms. The first-order valence-corrected chi connectivity index (χ1v) is 6.31. The van der Waals surface area contributed by atoms with E-state index in [9.17, 15) is 17.6 Å². The third kappa shape index (κ3) is 3.03. The second-order valence-corrected chi connectivity index (χ2v) is 5.43. The summed E-state index contributed by atoms with van der Waals surface area (Å²) >= 11 is 6.68. The summed E-state index contributed by atoms with van der Waals surface area (Å²) in [6.07, 6.45) is -4.61. The molecule has 0 bridgehead atoms. The van der Waals surface area contributed by atoms with Crippen molar-refractivity contribution in [2.45, 2.75) is 19.5 Å². The van der Waals surface area contributed by atoms with Crippen molar-refractivity contribution in [3.05, 3.63) is 44.1 Å². The van der Waals surface area contributed by atoms with Crippen LogP contribution in [0.25, 0.3) is 0 Å². The standard InChI is InChI=1S/C11H7ClF4N2S/c1-5-17-18-8(19-5)4-6-2-3-7(11(14,15)16)9(12)10(6)13/h2-3H,4H2,1H3. The fraction of sp³-hybridized carbons (Fsp3) is 0.273. The lowest BCUT2D eigenvalue weighted by atomic mass is 10.1. The Kier molecular flexibility index (Phi) is 3.78. The van der Waals surface area contributed by atoms with Crippen LogP contribution in [0.2, 0.25) is 5.02 Å². The van der Waals surface area contributed by atoms with Crippen molar-refractivity contribution in [3.63, 3.8) is 0 Å². The van der Waals surface area contributed by atoms with Gasteiger partial charge >= 0.3 is 6.18 Å². The molecule has 1 aromatic carbocycles. The van der Waals surface area contributed by atoms with Crippen LogP contribution in [-0.4, -0.2) is 10.2 Å². The average molecular weight is 311 g/mol. The zero-order chi connectivity index (χ0) is 14.2. The Morgan fingerprint density at radius 1 is 1.26 bits per heavy atom. The SMILES string of the molecule is Cc1nnc(Cc2ccc(C(F)(F)F)c(Cl)c2F)s1. The maximum absolute atomic E-state index is 13.8. The van der Waals surface area contributed by atoms with Gasteiger partial charge in [0.15, 0.2) is 0 Å². The predicted molar refractivity (Wildman–Crippen MR) is 63.9 cm³/mol. The van der Waals surface area contributed by atoms with Gasteiger partial charge in [-0.1, -0.05) is 17.7 Å². The van der Waals surface area contributed by atoms with Crippen LogP contribution in [0.15, 0.2) is 12.1 Å². The largest absolute Gasteiger partial charge is 0.417 e. The highest BCUT2D eigenvalue weighted by molar-refractivity contribution is 7.11. The number of hydrogen-bond acceptors (Lipinski definition) is 3. The Hall–Kier alpha value is -1.21. The highest BCUT2D eigenvalue weighted by Crippen LogP contribution is 2.37. The van der Waals surface area contributed by atoms with E-state index in [1.165, 1.54) is 11.3 Å². The summed E-state index contributed by atoms with van der Waals surface area (Å²) in [5.41, 5.74) is -1.11. The molecule has 0 amide bonds. The molecule has 2 rings (SSSR count). The van der Waals surface area contributed by atoms with Crippen molar-refractivity contribution in [3.8, 4) is 0 Å². The molecule has 0 aliphatic rings. The molecule has 2 nitrogen and oxygen atoms in total. The average Bonchev–Trinajstić information content (AvgIpc) is 2.69. The highest BCUT2D eigenvalue weighted by atomic mass is 35.5. The molecule has 2 aromatic rings. The Morgan fingerprint density at radius 3 is 2.47 bits per heavy atom.